The van der Waals surface area contributed by atoms with E-state index in [9.17, 15) is 9.59 Å². The topological polar surface area (TPSA) is 55.8 Å². The van der Waals surface area contributed by atoms with E-state index in [1.165, 1.54) is 51.4 Å². The minimum atomic E-state index is -0.553. The van der Waals surface area contributed by atoms with Crippen LogP contribution in [0.3, 0.4) is 0 Å². The van der Waals surface area contributed by atoms with Crippen LogP contribution in [0, 0.1) is 50.7 Å². The van der Waals surface area contributed by atoms with Gasteiger partial charge in [-0.05, 0) is 154 Å². The van der Waals surface area contributed by atoms with Gasteiger partial charge in [0.15, 0.2) is 0 Å². The molecule has 4 fully saturated rings. The minimum Gasteiger partial charge on any atom is -0.462 e. The summed E-state index contributed by atoms with van der Waals surface area (Å²) in [5, 5.41) is 0.706. The number of benzene rings is 1. The van der Waals surface area contributed by atoms with Crippen molar-refractivity contribution in [2.24, 2.45) is 50.7 Å². The van der Waals surface area contributed by atoms with Gasteiger partial charge < -0.3 is 14.4 Å². The molecule has 0 saturated heterocycles. The lowest BCUT2D eigenvalue weighted by Crippen LogP contribution is -2.65. The van der Waals surface area contributed by atoms with Crippen LogP contribution in [-0.2, 0) is 20.8 Å². The number of fused-ring (bicyclic) bond motifs is 7. The SMILES string of the molecule is CC(=O)O[C@H]1CC[C@]2(C)[C@H]3CC[C@@H]4C5=C(C(C)C)CC[C@]5(CCN(Cc5ccc(Cl)cc5)C(=O)OC(C)(C)C)CC[C@@]4(C)[C@]3(C)CC[C@H]2C1(C)C. The summed E-state index contributed by atoms with van der Waals surface area (Å²) >= 11 is 6.23. The first kappa shape index (κ1) is 38.7. The van der Waals surface area contributed by atoms with E-state index in [1.54, 1.807) is 18.1 Å². The summed E-state index contributed by atoms with van der Waals surface area (Å²) in [7, 11) is 0. The van der Waals surface area contributed by atoms with E-state index in [4.69, 9.17) is 21.1 Å². The highest BCUT2D eigenvalue weighted by Gasteiger charge is 2.69. The number of carbonyl (C=O) groups is 2. The van der Waals surface area contributed by atoms with Crippen LogP contribution in [0.1, 0.15) is 152 Å². The van der Waals surface area contributed by atoms with E-state index in [0.717, 1.165) is 24.8 Å². The van der Waals surface area contributed by atoms with Crippen LogP contribution in [0.25, 0.3) is 0 Å². The van der Waals surface area contributed by atoms with Gasteiger partial charge in [0.1, 0.15) is 11.7 Å². The quantitative estimate of drug-likeness (QED) is 0.208. The molecule has 1 aromatic rings. The highest BCUT2D eigenvalue weighted by atomic mass is 35.5. The van der Waals surface area contributed by atoms with E-state index in [-0.39, 0.29) is 45.2 Å². The number of hydrogen-bond acceptors (Lipinski definition) is 4. The minimum absolute atomic E-state index is 0.0110. The molecule has 6 rings (SSSR count). The first-order chi connectivity index (χ1) is 23.7. The lowest BCUT2D eigenvalue weighted by molar-refractivity contribution is -0.233. The third-order valence-corrected chi connectivity index (χ3v) is 16.1. The van der Waals surface area contributed by atoms with Crippen molar-refractivity contribution in [1.82, 2.24) is 4.90 Å². The van der Waals surface area contributed by atoms with Crippen molar-refractivity contribution in [3.05, 3.63) is 46.0 Å². The zero-order chi connectivity index (χ0) is 37.4. The number of esters is 1. The zero-order valence-electron chi connectivity index (χ0n) is 33.8. The van der Waals surface area contributed by atoms with Gasteiger partial charge in [0.2, 0.25) is 0 Å². The number of rotatable bonds is 7. The summed E-state index contributed by atoms with van der Waals surface area (Å²) in [6.45, 7) is 26.3. The molecule has 1 amide bonds. The van der Waals surface area contributed by atoms with Crippen LogP contribution in [0.5, 0.6) is 0 Å². The second-order valence-electron chi connectivity index (χ2n) is 20.2. The summed E-state index contributed by atoms with van der Waals surface area (Å²) in [5.41, 5.74) is 4.89. The molecule has 0 radical (unpaired) electrons. The van der Waals surface area contributed by atoms with Crippen LogP contribution in [0.2, 0.25) is 5.02 Å². The van der Waals surface area contributed by atoms with Crippen molar-refractivity contribution >= 4 is 23.7 Å². The Kier molecular flexibility index (Phi) is 10.2. The fraction of sp³-hybridized carbons (Fsp3) is 0.778. The van der Waals surface area contributed by atoms with Crippen LogP contribution >= 0.6 is 11.6 Å². The molecule has 0 spiro atoms. The van der Waals surface area contributed by atoms with Gasteiger partial charge in [-0.2, -0.15) is 0 Å². The average molecular weight is 722 g/mol. The second kappa shape index (κ2) is 13.4. The molecule has 4 saturated carbocycles. The second-order valence-corrected chi connectivity index (χ2v) is 20.7. The van der Waals surface area contributed by atoms with Gasteiger partial charge in [0.05, 0.1) is 0 Å². The normalized spacial score (nSPS) is 37.2. The summed E-state index contributed by atoms with van der Waals surface area (Å²) in [4.78, 5) is 27.8. The Bertz CT molecular complexity index is 1520. The highest BCUT2D eigenvalue weighted by molar-refractivity contribution is 6.30. The Hall–Kier alpha value is -2.01. The first-order valence-electron chi connectivity index (χ1n) is 20.3. The third-order valence-electron chi connectivity index (χ3n) is 15.9. The van der Waals surface area contributed by atoms with Crippen LogP contribution in [0.15, 0.2) is 35.4 Å². The number of allylic oxidation sites excluding steroid dienone is 2. The molecule has 284 valence electrons. The molecular formula is C45H68ClNO4. The van der Waals surface area contributed by atoms with Gasteiger partial charge in [0, 0.05) is 30.5 Å². The van der Waals surface area contributed by atoms with Gasteiger partial charge >= 0.3 is 12.1 Å². The Morgan fingerprint density at radius 3 is 2.20 bits per heavy atom. The van der Waals surface area contributed by atoms with E-state index >= 15 is 0 Å². The van der Waals surface area contributed by atoms with Crippen molar-refractivity contribution in [2.45, 2.75) is 165 Å². The molecule has 51 heavy (non-hydrogen) atoms. The van der Waals surface area contributed by atoms with Gasteiger partial charge in [-0.1, -0.05) is 83.3 Å². The number of halogens is 1. The predicted octanol–water partition coefficient (Wildman–Crippen LogP) is 12.2. The molecule has 8 atom stereocenters. The lowest BCUT2D eigenvalue weighted by Gasteiger charge is -2.72. The summed E-state index contributed by atoms with van der Waals surface area (Å²) in [6.07, 6.45) is 12.8. The highest BCUT2D eigenvalue weighted by Crippen LogP contribution is 2.77. The fourth-order valence-corrected chi connectivity index (χ4v) is 13.4. The molecule has 0 aromatic heterocycles. The van der Waals surface area contributed by atoms with Crippen molar-refractivity contribution in [3.63, 3.8) is 0 Å². The fourth-order valence-electron chi connectivity index (χ4n) is 13.3. The Labute approximate surface area is 315 Å². The number of nitrogens with zero attached hydrogens (tertiary/aromatic N) is 1. The van der Waals surface area contributed by atoms with Gasteiger partial charge in [-0.25, -0.2) is 4.79 Å². The summed E-state index contributed by atoms with van der Waals surface area (Å²) in [5.74, 6) is 2.21. The lowest BCUT2D eigenvalue weighted by atomic mass is 9.33. The third kappa shape index (κ3) is 6.60. The van der Waals surface area contributed by atoms with Crippen molar-refractivity contribution < 1.29 is 19.1 Å². The van der Waals surface area contributed by atoms with Crippen molar-refractivity contribution in [1.29, 1.82) is 0 Å². The van der Waals surface area contributed by atoms with Gasteiger partial charge in [-0.15, -0.1) is 0 Å². The Morgan fingerprint density at radius 1 is 0.882 bits per heavy atom. The molecule has 5 aliphatic carbocycles. The molecule has 0 N–H and O–H groups in total. The molecule has 0 bridgehead atoms. The predicted molar refractivity (Wildman–Crippen MR) is 207 cm³/mol. The van der Waals surface area contributed by atoms with Crippen molar-refractivity contribution in [3.8, 4) is 0 Å². The van der Waals surface area contributed by atoms with Gasteiger partial charge in [0.25, 0.3) is 0 Å². The first-order valence-corrected chi connectivity index (χ1v) is 20.7. The number of carbonyl (C=O) groups excluding carboxylic acids is 2. The van der Waals surface area contributed by atoms with Crippen LogP contribution < -0.4 is 0 Å². The Balaban J connectivity index is 1.30. The smallest absolute Gasteiger partial charge is 0.410 e. The molecule has 0 heterocycles. The maximum absolute atomic E-state index is 13.7. The Morgan fingerprint density at radius 2 is 1.57 bits per heavy atom. The summed E-state index contributed by atoms with van der Waals surface area (Å²) < 4.78 is 12.0. The standard InChI is InChI=1S/C45H68ClNO4/c1-29(2)33-18-23-45(26-27-47(39(49)51-40(4,5)6)28-31-12-14-32(46)15-13-31)25-24-43(10)34(38(33)45)16-17-36-42(9)21-20-37(50-30(3)48)41(7,8)35(42)19-22-44(36,43)11/h12-15,29,34-37H,16-28H2,1-11H3/t34-,35+,36-,37+,42+,43-,44-,45-/m1/s1. The van der Waals surface area contributed by atoms with Crippen LogP contribution in [-0.4, -0.2) is 35.2 Å². The van der Waals surface area contributed by atoms with E-state index in [2.05, 4.69) is 48.5 Å². The summed E-state index contributed by atoms with van der Waals surface area (Å²) in [6, 6.07) is 7.88. The number of hydrogen-bond donors (Lipinski definition) is 0. The van der Waals surface area contributed by atoms with E-state index in [0.29, 0.717) is 41.8 Å². The molecule has 0 unspecified atom stereocenters. The number of amides is 1. The molecule has 5 aliphatic rings. The molecule has 1 aromatic carbocycles. The maximum atomic E-state index is 13.7. The van der Waals surface area contributed by atoms with Crippen LogP contribution in [0.4, 0.5) is 4.79 Å². The molecular weight excluding hydrogens is 654 g/mol. The molecule has 0 aliphatic heterocycles. The molecule has 5 nitrogen and oxygen atoms in total. The van der Waals surface area contributed by atoms with E-state index < -0.39 is 5.60 Å². The monoisotopic (exact) mass is 721 g/mol. The van der Waals surface area contributed by atoms with E-state index in [1.807, 2.05) is 49.9 Å². The molecule has 6 heteroatoms. The number of ether oxygens (including phenoxy) is 2. The van der Waals surface area contributed by atoms with Gasteiger partial charge in [-0.3, -0.25) is 4.79 Å². The van der Waals surface area contributed by atoms with Crippen molar-refractivity contribution in [2.75, 3.05) is 6.54 Å². The maximum Gasteiger partial charge on any atom is 0.410 e. The average Bonchev–Trinajstić information content (AvgIpc) is 3.41. The zero-order valence-corrected chi connectivity index (χ0v) is 34.6. The largest absolute Gasteiger partial charge is 0.462 e.